The maximum Gasteiger partial charge on any atom is 0.343 e. The standard InChI is InChI=1S/C23H14ClNO6/c1-13-6-11-19-17(12-13)20(26)22(21(30-19)16-4-2-3-5-18(16)24)31-23(27)14-7-9-15(10-8-14)25(28)29/h2-12H,1H3. The van der Waals surface area contributed by atoms with Crippen LogP contribution in [0, 0.1) is 17.0 Å². The van der Waals surface area contributed by atoms with Crippen LogP contribution >= 0.6 is 11.6 Å². The fraction of sp³-hybridized carbons (Fsp3) is 0.0435. The molecule has 7 nitrogen and oxygen atoms in total. The van der Waals surface area contributed by atoms with Crippen LogP contribution in [0.5, 0.6) is 5.75 Å². The Morgan fingerprint density at radius 3 is 2.45 bits per heavy atom. The summed E-state index contributed by atoms with van der Waals surface area (Å²) in [5.41, 5.74) is 0.873. The summed E-state index contributed by atoms with van der Waals surface area (Å²) in [6.07, 6.45) is 0. The van der Waals surface area contributed by atoms with Gasteiger partial charge in [0, 0.05) is 17.7 Å². The number of ether oxygens (including phenoxy) is 1. The quantitative estimate of drug-likeness (QED) is 0.237. The molecule has 8 heteroatoms. The molecule has 0 atom stereocenters. The number of nitrogens with zero attached hydrogens (tertiary/aromatic N) is 1. The molecular weight excluding hydrogens is 422 g/mol. The lowest BCUT2D eigenvalue weighted by atomic mass is 10.1. The minimum atomic E-state index is -0.859. The van der Waals surface area contributed by atoms with E-state index < -0.39 is 16.3 Å². The van der Waals surface area contributed by atoms with E-state index in [1.165, 1.54) is 24.3 Å². The molecular formula is C23H14ClNO6. The van der Waals surface area contributed by atoms with Crippen molar-refractivity contribution in [2.45, 2.75) is 6.92 Å². The molecule has 0 spiro atoms. The van der Waals surface area contributed by atoms with Crippen molar-refractivity contribution in [1.29, 1.82) is 0 Å². The van der Waals surface area contributed by atoms with Crippen LogP contribution in [-0.2, 0) is 0 Å². The van der Waals surface area contributed by atoms with E-state index in [-0.39, 0.29) is 28.1 Å². The molecule has 0 aliphatic rings. The summed E-state index contributed by atoms with van der Waals surface area (Å²) in [4.78, 5) is 36.2. The first-order chi connectivity index (χ1) is 14.8. The van der Waals surface area contributed by atoms with Crippen molar-refractivity contribution >= 4 is 34.2 Å². The fourth-order valence-electron chi connectivity index (χ4n) is 3.08. The monoisotopic (exact) mass is 435 g/mol. The summed E-state index contributed by atoms with van der Waals surface area (Å²) in [6, 6.07) is 16.7. The Morgan fingerprint density at radius 2 is 1.77 bits per heavy atom. The molecule has 0 radical (unpaired) electrons. The van der Waals surface area contributed by atoms with E-state index in [0.717, 1.165) is 5.56 Å². The summed E-state index contributed by atoms with van der Waals surface area (Å²) in [6.45, 7) is 1.82. The number of benzene rings is 3. The summed E-state index contributed by atoms with van der Waals surface area (Å²) < 4.78 is 11.4. The molecule has 3 aromatic carbocycles. The number of halogens is 1. The minimum absolute atomic E-state index is 0.0159. The molecule has 4 rings (SSSR count). The average Bonchev–Trinajstić information content (AvgIpc) is 2.76. The number of rotatable bonds is 4. The van der Waals surface area contributed by atoms with Crippen LogP contribution in [0.4, 0.5) is 5.69 Å². The highest BCUT2D eigenvalue weighted by Gasteiger charge is 2.23. The normalized spacial score (nSPS) is 10.8. The Balaban J connectivity index is 1.87. The van der Waals surface area contributed by atoms with Crippen molar-refractivity contribution in [3.05, 3.63) is 103 Å². The third kappa shape index (κ3) is 3.91. The van der Waals surface area contributed by atoms with Gasteiger partial charge in [-0.15, -0.1) is 0 Å². The van der Waals surface area contributed by atoms with Crippen LogP contribution in [-0.4, -0.2) is 10.9 Å². The number of aryl methyl sites for hydroxylation is 1. The maximum atomic E-state index is 13.2. The van der Waals surface area contributed by atoms with Crippen LogP contribution in [0.3, 0.4) is 0 Å². The second-order valence-corrected chi connectivity index (χ2v) is 7.17. The van der Waals surface area contributed by atoms with Gasteiger partial charge in [0.25, 0.3) is 5.69 Å². The summed E-state index contributed by atoms with van der Waals surface area (Å²) in [5.74, 6) is -1.15. The molecule has 0 unspecified atom stereocenters. The molecule has 0 amide bonds. The number of carbonyl (C=O) groups is 1. The maximum absolute atomic E-state index is 13.2. The lowest BCUT2D eigenvalue weighted by molar-refractivity contribution is -0.384. The first-order valence-corrected chi connectivity index (χ1v) is 9.52. The molecule has 0 N–H and O–H groups in total. The smallest absolute Gasteiger partial charge is 0.343 e. The van der Waals surface area contributed by atoms with E-state index in [0.29, 0.717) is 16.2 Å². The molecule has 0 fully saturated rings. The third-order valence-electron chi connectivity index (χ3n) is 4.63. The van der Waals surface area contributed by atoms with Crippen molar-refractivity contribution < 1.29 is 18.9 Å². The Labute approximate surface area is 180 Å². The number of hydrogen-bond donors (Lipinski definition) is 0. The average molecular weight is 436 g/mol. The predicted octanol–water partition coefficient (Wildman–Crippen LogP) is 5.55. The Hall–Kier alpha value is -3.97. The van der Waals surface area contributed by atoms with Gasteiger partial charge in [0.2, 0.25) is 11.2 Å². The highest BCUT2D eigenvalue weighted by atomic mass is 35.5. The number of fused-ring (bicyclic) bond motifs is 1. The highest BCUT2D eigenvalue weighted by Crippen LogP contribution is 2.35. The van der Waals surface area contributed by atoms with Gasteiger partial charge in [-0.3, -0.25) is 14.9 Å². The van der Waals surface area contributed by atoms with Crippen molar-refractivity contribution in [2.75, 3.05) is 0 Å². The van der Waals surface area contributed by atoms with Gasteiger partial charge < -0.3 is 9.15 Å². The topological polar surface area (TPSA) is 99.7 Å². The van der Waals surface area contributed by atoms with Gasteiger partial charge in [0.1, 0.15) is 5.58 Å². The largest absolute Gasteiger partial charge is 0.452 e. The molecule has 1 heterocycles. The third-order valence-corrected chi connectivity index (χ3v) is 4.96. The van der Waals surface area contributed by atoms with Crippen LogP contribution in [0.2, 0.25) is 5.02 Å². The molecule has 1 aromatic heterocycles. The van der Waals surface area contributed by atoms with Crippen molar-refractivity contribution in [2.24, 2.45) is 0 Å². The van der Waals surface area contributed by atoms with Crippen LogP contribution in [0.25, 0.3) is 22.3 Å². The van der Waals surface area contributed by atoms with Gasteiger partial charge in [-0.1, -0.05) is 35.4 Å². The molecule has 4 aromatic rings. The first-order valence-electron chi connectivity index (χ1n) is 9.14. The zero-order valence-corrected chi connectivity index (χ0v) is 16.9. The van der Waals surface area contributed by atoms with E-state index in [9.17, 15) is 19.7 Å². The molecule has 0 aliphatic carbocycles. The zero-order valence-electron chi connectivity index (χ0n) is 16.1. The molecule has 0 saturated carbocycles. The van der Waals surface area contributed by atoms with E-state index >= 15 is 0 Å². The first kappa shape index (κ1) is 20.3. The van der Waals surface area contributed by atoms with E-state index in [4.69, 9.17) is 20.8 Å². The second kappa shape index (κ2) is 8.04. The van der Waals surface area contributed by atoms with Crippen LogP contribution < -0.4 is 10.2 Å². The molecule has 31 heavy (non-hydrogen) atoms. The number of hydrogen-bond acceptors (Lipinski definition) is 6. The number of nitro benzene ring substituents is 1. The number of nitro groups is 1. The van der Waals surface area contributed by atoms with Gasteiger partial charge >= 0.3 is 5.97 Å². The van der Waals surface area contributed by atoms with E-state index in [2.05, 4.69) is 0 Å². The van der Waals surface area contributed by atoms with Crippen molar-refractivity contribution in [3.63, 3.8) is 0 Å². The summed E-state index contributed by atoms with van der Waals surface area (Å²) in [7, 11) is 0. The van der Waals surface area contributed by atoms with Gasteiger partial charge in [-0.2, -0.15) is 0 Å². The zero-order chi connectivity index (χ0) is 22.1. The van der Waals surface area contributed by atoms with Gasteiger partial charge in [0.05, 0.1) is 20.9 Å². The van der Waals surface area contributed by atoms with Crippen molar-refractivity contribution in [3.8, 4) is 17.1 Å². The Bertz CT molecular complexity index is 1390. The van der Waals surface area contributed by atoms with Crippen LogP contribution in [0.15, 0.2) is 75.9 Å². The van der Waals surface area contributed by atoms with Crippen molar-refractivity contribution in [1.82, 2.24) is 0 Å². The molecule has 0 saturated heterocycles. The summed E-state index contributed by atoms with van der Waals surface area (Å²) >= 11 is 6.29. The molecule has 154 valence electrons. The Kier molecular flexibility index (Phi) is 5.27. The predicted molar refractivity (Wildman–Crippen MR) is 116 cm³/mol. The SMILES string of the molecule is Cc1ccc2oc(-c3ccccc3Cl)c(OC(=O)c3ccc([N+](=O)[O-])cc3)c(=O)c2c1. The number of esters is 1. The molecule has 0 aliphatic heterocycles. The lowest BCUT2D eigenvalue weighted by Gasteiger charge is -2.12. The van der Waals surface area contributed by atoms with Gasteiger partial charge in [-0.25, -0.2) is 4.79 Å². The summed E-state index contributed by atoms with van der Waals surface area (Å²) in [5, 5.41) is 11.4. The lowest BCUT2D eigenvalue weighted by Crippen LogP contribution is -2.16. The van der Waals surface area contributed by atoms with Gasteiger partial charge in [-0.05, 0) is 43.3 Å². The fourth-order valence-corrected chi connectivity index (χ4v) is 3.30. The number of non-ortho nitro benzene ring substituents is 1. The minimum Gasteiger partial charge on any atom is -0.452 e. The molecule has 0 bridgehead atoms. The van der Waals surface area contributed by atoms with Gasteiger partial charge in [0.15, 0.2) is 5.76 Å². The van der Waals surface area contributed by atoms with E-state index in [1.54, 1.807) is 42.5 Å². The van der Waals surface area contributed by atoms with E-state index in [1.807, 2.05) is 6.92 Å². The van der Waals surface area contributed by atoms with Crippen LogP contribution in [0.1, 0.15) is 15.9 Å². The Morgan fingerprint density at radius 1 is 1.06 bits per heavy atom. The highest BCUT2D eigenvalue weighted by molar-refractivity contribution is 6.33. The second-order valence-electron chi connectivity index (χ2n) is 6.76. The number of carbonyl (C=O) groups excluding carboxylic acids is 1.